The van der Waals surface area contributed by atoms with Crippen molar-refractivity contribution in [2.75, 3.05) is 11.4 Å². The third kappa shape index (κ3) is 1.94. The average Bonchev–Trinajstić information content (AvgIpc) is 2.58. The Morgan fingerprint density at radius 3 is 2.69 bits per heavy atom. The molecule has 0 radical (unpaired) electrons. The fourth-order valence-electron chi connectivity index (χ4n) is 2.35. The molecule has 0 saturated carbocycles. The molecule has 2 rings (SSSR count). The molecule has 0 aliphatic carbocycles. The zero-order valence-corrected chi connectivity index (χ0v) is 11.2. The van der Waals surface area contributed by atoms with E-state index in [0.717, 1.165) is 11.0 Å². The molecular formula is C13H15BrN2. The molecule has 0 atom stereocenters. The first-order chi connectivity index (χ1) is 7.54. The van der Waals surface area contributed by atoms with Crippen LogP contribution >= 0.6 is 15.9 Å². The minimum Gasteiger partial charge on any atom is -0.366 e. The van der Waals surface area contributed by atoms with Crippen LogP contribution in [0.3, 0.4) is 0 Å². The van der Waals surface area contributed by atoms with Gasteiger partial charge in [-0.05, 0) is 60.8 Å². The second kappa shape index (κ2) is 4.10. The van der Waals surface area contributed by atoms with E-state index in [1.807, 2.05) is 18.2 Å². The third-order valence-corrected chi connectivity index (χ3v) is 3.94. The van der Waals surface area contributed by atoms with Crippen LogP contribution in [0.25, 0.3) is 0 Å². The Kier molecular flexibility index (Phi) is 2.94. The predicted molar refractivity (Wildman–Crippen MR) is 69.5 cm³/mol. The highest BCUT2D eigenvalue weighted by Crippen LogP contribution is 2.35. The SMILES string of the molecule is CC1(C)CCCN1c1ccc(C#N)c(Br)c1. The summed E-state index contributed by atoms with van der Waals surface area (Å²) >= 11 is 3.44. The molecule has 1 aliphatic rings. The maximum absolute atomic E-state index is 8.88. The zero-order valence-electron chi connectivity index (χ0n) is 9.63. The van der Waals surface area contributed by atoms with E-state index in [1.165, 1.54) is 18.5 Å². The van der Waals surface area contributed by atoms with Crippen LogP contribution < -0.4 is 4.90 Å². The highest BCUT2D eigenvalue weighted by Gasteiger charge is 2.31. The lowest BCUT2D eigenvalue weighted by atomic mass is 10.0. The van der Waals surface area contributed by atoms with Crippen molar-refractivity contribution in [3.05, 3.63) is 28.2 Å². The molecule has 0 bridgehead atoms. The fraction of sp³-hybridized carbons (Fsp3) is 0.462. The van der Waals surface area contributed by atoms with Gasteiger partial charge >= 0.3 is 0 Å². The summed E-state index contributed by atoms with van der Waals surface area (Å²) in [5, 5.41) is 8.88. The first-order valence-electron chi connectivity index (χ1n) is 5.52. The van der Waals surface area contributed by atoms with Crippen LogP contribution in [0.2, 0.25) is 0 Å². The van der Waals surface area contributed by atoms with Crippen LogP contribution in [-0.4, -0.2) is 12.1 Å². The van der Waals surface area contributed by atoms with Crippen LogP contribution in [0, 0.1) is 11.3 Å². The largest absolute Gasteiger partial charge is 0.366 e. The monoisotopic (exact) mass is 278 g/mol. The van der Waals surface area contributed by atoms with E-state index in [1.54, 1.807) is 0 Å². The van der Waals surface area contributed by atoms with Crippen LogP contribution in [0.15, 0.2) is 22.7 Å². The molecule has 2 nitrogen and oxygen atoms in total. The Bertz CT molecular complexity index is 446. The summed E-state index contributed by atoms with van der Waals surface area (Å²) in [6.07, 6.45) is 2.47. The smallest absolute Gasteiger partial charge is 0.100 e. The summed E-state index contributed by atoms with van der Waals surface area (Å²) in [5.74, 6) is 0. The molecule has 1 heterocycles. The van der Waals surface area contributed by atoms with Gasteiger partial charge in [0, 0.05) is 22.2 Å². The minimum absolute atomic E-state index is 0.230. The Labute approximate surface area is 105 Å². The lowest BCUT2D eigenvalue weighted by Gasteiger charge is -2.33. The van der Waals surface area contributed by atoms with Crippen molar-refractivity contribution in [2.45, 2.75) is 32.2 Å². The number of nitrogens with zero attached hydrogens (tertiary/aromatic N) is 2. The van der Waals surface area contributed by atoms with E-state index < -0.39 is 0 Å². The number of hydrogen-bond acceptors (Lipinski definition) is 2. The molecule has 0 amide bonds. The highest BCUT2D eigenvalue weighted by atomic mass is 79.9. The fourth-order valence-corrected chi connectivity index (χ4v) is 2.80. The normalized spacial score (nSPS) is 18.5. The van der Waals surface area contributed by atoms with E-state index in [0.29, 0.717) is 5.56 Å². The quantitative estimate of drug-likeness (QED) is 0.783. The molecule has 1 fully saturated rings. The Morgan fingerprint density at radius 2 is 2.19 bits per heavy atom. The van der Waals surface area contributed by atoms with Crippen molar-refractivity contribution in [3.8, 4) is 6.07 Å². The summed E-state index contributed by atoms with van der Waals surface area (Å²) in [5.41, 5.74) is 2.13. The van der Waals surface area contributed by atoms with Gasteiger partial charge in [0.15, 0.2) is 0 Å². The van der Waals surface area contributed by atoms with Gasteiger partial charge in [0.25, 0.3) is 0 Å². The van der Waals surface area contributed by atoms with Crippen LogP contribution in [-0.2, 0) is 0 Å². The van der Waals surface area contributed by atoms with Gasteiger partial charge in [0.2, 0.25) is 0 Å². The number of nitriles is 1. The first-order valence-corrected chi connectivity index (χ1v) is 6.31. The average molecular weight is 279 g/mol. The molecule has 16 heavy (non-hydrogen) atoms. The van der Waals surface area contributed by atoms with Gasteiger partial charge in [0.1, 0.15) is 6.07 Å². The molecule has 3 heteroatoms. The molecule has 1 aromatic rings. The molecule has 0 unspecified atom stereocenters. The van der Waals surface area contributed by atoms with Crippen molar-refractivity contribution in [1.29, 1.82) is 5.26 Å². The summed E-state index contributed by atoms with van der Waals surface area (Å²) in [4.78, 5) is 2.42. The summed E-state index contributed by atoms with van der Waals surface area (Å²) < 4.78 is 0.884. The molecule has 84 valence electrons. The lowest BCUT2D eigenvalue weighted by molar-refractivity contribution is 0.518. The number of anilines is 1. The van der Waals surface area contributed by atoms with Crippen LogP contribution in [0.1, 0.15) is 32.3 Å². The summed E-state index contributed by atoms with van der Waals surface area (Å²) in [6, 6.07) is 8.14. The molecule has 1 aliphatic heterocycles. The van der Waals surface area contributed by atoms with Crippen molar-refractivity contribution >= 4 is 21.6 Å². The third-order valence-electron chi connectivity index (χ3n) is 3.29. The molecular weight excluding hydrogens is 264 g/mol. The van der Waals surface area contributed by atoms with E-state index in [2.05, 4.69) is 40.7 Å². The van der Waals surface area contributed by atoms with Gasteiger partial charge in [0.05, 0.1) is 5.56 Å². The number of rotatable bonds is 1. The summed E-state index contributed by atoms with van der Waals surface area (Å²) in [7, 11) is 0. The molecule has 1 aromatic carbocycles. The molecule has 0 aromatic heterocycles. The Hall–Kier alpha value is -1.01. The van der Waals surface area contributed by atoms with Crippen molar-refractivity contribution in [3.63, 3.8) is 0 Å². The van der Waals surface area contributed by atoms with E-state index in [-0.39, 0.29) is 5.54 Å². The number of halogens is 1. The molecule has 1 saturated heterocycles. The number of benzene rings is 1. The topological polar surface area (TPSA) is 27.0 Å². The Morgan fingerprint density at radius 1 is 1.44 bits per heavy atom. The second-order valence-corrected chi connectivity index (χ2v) is 5.70. The summed E-state index contributed by atoms with van der Waals surface area (Å²) in [6.45, 7) is 5.64. The van der Waals surface area contributed by atoms with Gasteiger partial charge in [-0.2, -0.15) is 5.26 Å². The maximum Gasteiger partial charge on any atom is 0.100 e. The molecule has 0 spiro atoms. The first kappa shape index (κ1) is 11.5. The molecule has 0 N–H and O–H groups in total. The van der Waals surface area contributed by atoms with E-state index in [9.17, 15) is 0 Å². The number of hydrogen-bond donors (Lipinski definition) is 0. The Balaban J connectivity index is 2.36. The van der Waals surface area contributed by atoms with Gasteiger partial charge in [-0.3, -0.25) is 0 Å². The van der Waals surface area contributed by atoms with Gasteiger partial charge in [-0.25, -0.2) is 0 Å². The second-order valence-electron chi connectivity index (χ2n) is 4.84. The van der Waals surface area contributed by atoms with Crippen molar-refractivity contribution in [1.82, 2.24) is 0 Å². The minimum atomic E-state index is 0.230. The lowest BCUT2D eigenvalue weighted by Crippen LogP contribution is -2.38. The van der Waals surface area contributed by atoms with Crippen molar-refractivity contribution in [2.24, 2.45) is 0 Å². The van der Waals surface area contributed by atoms with Crippen LogP contribution in [0.5, 0.6) is 0 Å². The van der Waals surface area contributed by atoms with Crippen molar-refractivity contribution < 1.29 is 0 Å². The van der Waals surface area contributed by atoms with E-state index in [4.69, 9.17) is 5.26 Å². The maximum atomic E-state index is 8.88. The highest BCUT2D eigenvalue weighted by molar-refractivity contribution is 9.10. The zero-order chi connectivity index (χ0) is 11.8. The van der Waals surface area contributed by atoms with E-state index >= 15 is 0 Å². The van der Waals surface area contributed by atoms with Crippen LogP contribution in [0.4, 0.5) is 5.69 Å². The van der Waals surface area contributed by atoms with Gasteiger partial charge in [-0.15, -0.1) is 0 Å². The van der Waals surface area contributed by atoms with Gasteiger partial charge < -0.3 is 4.90 Å². The standard InChI is InChI=1S/C13H15BrN2/c1-13(2)6-3-7-16(13)11-5-4-10(9-15)12(14)8-11/h4-5,8H,3,6-7H2,1-2H3. The predicted octanol–water partition coefficient (Wildman–Crippen LogP) is 3.70. The van der Waals surface area contributed by atoms with Gasteiger partial charge in [-0.1, -0.05) is 0 Å².